The number of morpholine rings is 1. The highest BCUT2D eigenvalue weighted by atomic mass is 35.5. The molecule has 0 saturated carbocycles. The minimum Gasteiger partial charge on any atom is -0.366 e. The summed E-state index contributed by atoms with van der Waals surface area (Å²) in [6.07, 6.45) is 1.52. The summed E-state index contributed by atoms with van der Waals surface area (Å²) in [6.45, 7) is 4.69. The Kier molecular flexibility index (Phi) is 8.06. The van der Waals surface area contributed by atoms with E-state index in [1.54, 1.807) is 0 Å². The molecule has 0 aromatic carbocycles. The molecule has 1 atom stereocenters. The van der Waals surface area contributed by atoms with E-state index in [-0.39, 0.29) is 30.1 Å². The summed E-state index contributed by atoms with van der Waals surface area (Å²) in [5.41, 5.74) is 0. The van der Waals surface area contributed by atoms with Crippen molar-refractivity contribution in [1.82, 2.24) is 14.9 Å². The van der Waals surface area contributed by atoms with Gasteiger partial charge in [0.25, 0.3) is 5.91 Å². The molecule has 22 heavy (non-hydrogen) atoms. The largest absolute Gasteiger partial charge is 0.366 e. The van der Waals surface area contributed by atoms with Crippen LogP contribution in [0.4, 0.5) is 0 Å². The third-order valence-corrected chi connectivity index (χ3v) is 5.95. The van der Waals surface area contributed by atoms with Crippen molar-refractivity contribution in [1.29, 1.82) is 0 Å². The fourth-order valence-electron chi connectivity index (χ4n) is 2.69. The molecule has 0 aromatic heterocycles. The molecule has 2 rings (SSSR count). The number of halogens is 1. The Balaban J connectivity index is 0.00000242. The lowest BCUT2D eigenvalue weighted by Crippen LogP contribution is -2.53. The minimum absolute atomic E-state index is 0. The SMILES string of the molecule is CCCS(=O)(=O)N1CCC(NC(=O)C2CNCCO2)CC1.Cl. The summed E-state index contributed by atoms with van der Waals surface area (Å²) >= 11 is 0. The van der Waals surface area contributed by atoms with Crippen LogP contribution in [-0.2, 0) is 19.6 Å². The number of ether oxygens (including phenoxy) is 1. The first kappa shape index (κ1) is 19.6. The van der Waals surface area contributed by atoms with E-state index >= 15 is 0 Å². The highest BCUT2D eigenvalue weighted by molar-refractivity contribution is 7.89. The van der Waals surface area contributed by atoms with Crippen LogP contribution in [0.25, 0.3) is 0 Å². The fourth-order valence-corrected chi connectivity index (χ4v) is 4.23. The minimum atomic E-state index is -3.12. The normalized spacial score (nSPS) is 24.5. The van der Waals surface area contributed by atoms with Crippen molar-refractivity contribution in [2.75, 3.05) is 38.5 Å². The Labute approximate surface area is 138 Å². The number of piperidine rings is 1. The number of amides is 1. The van der Waals surface area contributed by atoms with Crippen LogP contribution in [0.5, 0.6) is 0 Å². The number of carbonyl (C=O) groups excluding carboxylic acids is 1. The molecule has 0 aliphatic carbocycles. The van der Waals surface area contributed by atoms with Crippen LogP contribution in [0.3, 0.4) is 0 Å². The van der Waals surface area contributed by atoms with Gasteiger partial charge < -0.3 is 15.4 Å². The van der Waals surface area contributed by atoms with Gasteiger partial charge in [-0.2, -0.15) is 0 Å². The number of sulfonamides is 1. The smallest absolute Gasteiger partial charge is 0.250 e. The van der Waals surface area contributed by atoms with Gasteiger partial charge in [0.15, 0.2) is 0 Å². The molecule has 7 nitrogen and oxygen atoms in total. The average Bonchev–Trinajstić information content (AvgIpc) is 2.48. The second-order valence-corrected chi connectivity index (χ2v) is 7.65. The van der Waals surface area contributed by atoms with E-state index < -0.39 is 16.1 Å². The van der Waals surface area contributed by atoms with Gasteiger partial charge in [0.05, 0.1) is 12.4 Å². The quantitative estimate of drug-likeness (QED) is 0.708. The summed E-state index contributed by atoms with van der Waals surface area (Å²) in [5, 5.41) is 6.09. The molecule has 1 amide bonds. The molecule has 2 heterocycles. The second kappa shape index (κ2) is 9.02. The van der Waals surface area contributed by atoms with E-state index in [4.69, 9.17) is 4.74 Å². The van der Waals surface area contributed by atoms with Crippen LogP contribution in [0.2, 0.25) is 0 Å². The third kappa shape index (κ3) is 5.34. The van der Waals surface area contributed by atoms with Gasteiger partial charge in [0.1, 0.15) is 6.10 Å². The maximum absolute atomic E-state index is 12.0. The lowest BCUT2D eigenvalue weighted by molar-refractivity contribution is -0.135. The highest BCUT2D eigenvalue weighted by Gasteiger charge is 2.30. The number of nitrogens with zero attached hydrogens (tertiary/aromatic N) is 1. The van der Waals surface area contributed by atoms with Crippen LogP contribution < -0.4 is 10.6 Å². The molecule has 0 spiro atoms. The lowest BCUT2D eigenvalue weighted by atomic mass is 10.1. The van der Waals surface area contributed by atoms with Crippen molar-refractivity contribution in [3.8, 4) is 0 Å². The molecule has 2 N–H and O–H groups in total. The number of rotatable bonds is 5. The van der Waals surface area contributed by atoms with Crippen LogP contribution in [0.1, 0.15) is 26.2 Å². The molecule has 9 heteroatoms. The summed E-state index contributed by atoms with van der Waals surface area (Å²) in [7, 11) is -3.12. The Hall–Kier alpha value is -0.410. The molecule has 0 bridgehead atoms. The Morgan fingerprint density at radius 2 is 2.05 bits per heavy atom. The van der Waals surface area contributed by atoms with Crippen molar-refractivity contribution >= 4 is 28.3 Å². The molecular formula is C13H26ClN3O4S. The number of carbonyl (C=O) groups is 1. The van der Waals surface area contributed by atoms with Gasteiger partial charge in [-0.25, -0.2) is 12.7 Å². The van der Waals surface area contributed by atoms with E-state index in [9.17, 15) is 13.2 Å². The van der Waals surface area contributed by atoms with E-state index in [1.807, 2.05) is 6.92 Å². The van der Waals surface area contributed by atoms with Crippen molar-refractivity contribution in [3.63, 3.8) is 0 Å². The number of hydrogen-bond donors (Lipinski definition) is 2. The first-order valence-corrected chi connectivity index (χ1v) is 9.24. The zero-order chi connectivity index (χ0) is 15.3. The highest BCUT2D eigenvalue weighted by Crippen LogP contribution is 2.15. The first-order chi connectivity index (χ1) is 10.0. The topological polar surface area (TPSA) is 87.7 Å². The molecule has 1 unspecified atom stereocenters. The van der Waals surface area contributed by atoms with Crippen molar-refractivity contribution in [2.45, 2.75) is 38.3 Å². The molecule has 0 radical (unpaired) electrons. The molecular weight excluding hydrogens is 330 g/mol. The van der Waals surface area contributed by atoms with Gasteiger partial charge in [-0.15, -0.1) is 12.4 Å². The van der Waals surface area contributed by atoms with Crippen molar-refractivity contribution < 1.29 is 17.9 Å². The molecule has 2 fully saturated rings. The Morgan fingerprint density at radius 3 is 2.59 bits per heavy atom. The molecule has 0 aromatic rings. The van der Waals surface area contributed by atoms with Gasteiger partial charge in [0, 0.05) is 32.2 Å². The summed E-state index contributed by atoms with van der Waals surface area (Å²) in [5.74, 6) is 0.100. The van der Waals surface area contributed by atoms with Crippen LogP contribution >= 0.6 is 12.4 Å². The standard InChI is InChI=1S/C13H25N3O4S.ClH/c1-2-9-21(18,19)16-6-3-11(4-7-16)15-13(17)12-10-14-5-8-20-12;/h11-12,14H,2-10H2,1H3,(H,15,17);1H. The zero-order valence-electron chi connectivity index (χ0n) is 12.9. The maximum atomic E-state index is 12.0. The third-order valence-electron chi connectivity index (χ3n) is 3.88. The second-order valence-electron chi connectivity index (χ2n) is 5.56. The van der Waals surface area contributed by atoms with Gasteiger partial charge in [-0.05, 0) is 19.3 Å². The van der Waals surface area contributed by atoms with E-state index in [0.717, 1.165) is 6.54 Å². The van der Waals surface area contributed by atoms with E-state index in [0.29, 0.717) is 45.5 Å². The van der Waals surface area contributed by atoms with Crippen LogP contribution in [0, 0.1) is 0 Å². The predicted octanol–water partition coefficient (Wildman–Crippen LogP) is -0.283. The van der Waals surface area contributed by atoms with Gasteiger partial charge >= 0.3 is 0 Å². The summed E-state index contributed by atoms with van der Waals surface area (Å²) < 4.78 is 30.9. The fraction of sp³-hybridized carbons (Fsp3) is 0.923. The van der Waals surface area contributed by atoms with Gasteiger partial charge in [-0.3, -0.25) is 4.79 Å². The lowest BCUT2D eigenvalue weighted by Gasteiger charge is -2.32. The van der Waals surface area contributed by atoms with E-state index in [1.165, 1.54) is 4.31 Å². The molecule has 2 saturated heterocycles. The molecule has 2 aliphatic heterocycles. The van der Waals surface area contributed by atoms with Gasteiger partial charge in [-0.1, -0.05) is 6.92 Å². The van der Waals surface area contributed by atoms with Crippen molar-refractivity contribution in [2.24, 2.45) is 0 Å². The first-order valence-electron chi connectivity index (χ1n) is 7.63. The summed E-state index contributed by atoms with van der Waals surface area (Å²) in [4.78, 5) is 12.0. The van der Waals surface area contributed by atoms with Crippen LogP contribution in [-0.4, -0.2) is 69.3 Å². The number of nitrogens with one attached hydrogen (secondary N) is 2. The van der Waals surface area contributed by atoms with Gasteiger partial charge in [0.2, 0.25) is 10.0 Å². The van der Waals surface area contributed by atoms with E-state index in [2.05, 4.69) is 10.6 Å². The van der Waals surface area contributed by atoms with Crippen LogP contribution in [0.15, 0.2) is 0 Å². The maximum Gasteiger partial charge on any atom is 0.250 e. The zero-order valence-corrected chi connectivity index (χ0v) is 14.5. The molecule has 2 aliphatic rings. The summed E-state index contributed by atoms with van der Waals surface area (Å²) in [6, 6.07) is 0.0381. The number of hydrogen-bond acceptors (Lipinski definition) is 5. The van der Waals surface area contributed by atoms with Crippen molar-refractivity contribution in [3.05, 3.63) is 0 Å². The Morgan fingerprint density at radius 1 is 1.36 bits per heavy atom. The Bertz CT molecular complexity index is 446. The molecule has 130 valence electrons. The predicted molar refractivity (Wildman–Crippen MR) is 86.7 cm³/mol. The average molecular weight is 356 g/mol. The monoisotopic (exact) mass is 355 g/mol.